The Morgan fingerprint density at radius 3 is 2.05 bits per heavy atom. The predicted octanol–water partition coefficient (Wildman–Crippen LogP) is 3.83. The fraction of sp³-hybridized carbons (Fsp3) is 0.562. The van der Waals surface area contributed by atoms with E-state index < -0.39 is 16.9 Å². The van der Waals surface area contributed by atoms with Crippen LogP contribution in [0.25, 0.3) is 0 Å². The van der Waals surface area contributed by atoms with Gasteiger partial charge < -0.3 is 0 Å². The van der Waals surface area contributed by atoms with Crippen molar-refractivity contribution in [2.45, 2.75) is 52.5 Å². The van der Waals surface area contributed by atoms with Gasteiger partial charge in [0.05, 0.1) is 5.92 Å². The summed E-state index contributed by atoms with van der Waals surface area (Å²) in [6.45, 7) is 8.70. The van der Waals surface area contributed by atoms with Crippen LogP contribution in [0.1, 0.15) is 52.5 Å². The smallest absolute Gasteiger partial charge is 0.223 e. The molecule has 0 amide bonds. The molecule has 0 aromatic heterocycles. The fourth-order valence-corrected chi connectivity index (χ4v) is 2.08. The highest BCUT2D eigenvalue weighted by molar-refractivity contribution is 5.84. The maximum atomic E-state index is 12.3. The highest BCUT2D eigenvalue weighted by Gasteiger charge is 2.43. The number of carbonyl (C=O) groups is 1. The van der Waals surface area contributed by atoms with Gasteiger partial charge in [-0.3, -0.25) is 14.9 Å². The minimum Gasteiger partial charge on any atom is -0.299 e. The highest BCUT2D eigenvalue weighted by atomic mass is 16.6. The van der Waals surface area contributed by atoms with E-state index >= 15 is 0 Å². The van der Waals surface area contributed by atoms with Gasteiger partial charge in [-0.25, -0.2) is 0 Å². The molecule has 0 saturated carbocycles. The Morgan fingerprint density at radius 1 is 1.15 bits per heavy atom. The lowest BCUT2D eigenvalue weighted by Crippen LogP contribution is -2.40. The second kappa shape index (κ2) is 5.73. The summed E-state index contributed by atoms with van der Waals surface area (Å²) in [5.74, 6) is -0.383. The van der Waals surface area contributed by atoms with Crippen molar-refractivity contribution >= 4 is 5.78 Å². The molecule has 0 aliphatic heterocycles. The van der Waals surface area contributed by atoms with Crippen LogP contribution in [0.2, 0.25) is 0 Å². The van der Waals surface area contributed by atoms with E-state index in [4.69, 9.17) is 0 Å². The van der Waals surface area contributed by atoms with E-state index in [0.717, 1.165) is 5.56 Å². The van der Waals surface area contributed by atoms with Crippen LogP contribution in [0.15, 0.2) is 30.3 Å². The molecule has 110 valence electrons. The maximum Gasteiger partial charge on any atom is 0.223 e. The second-order valence-electron chi connectivity index (χ2n) is 6.75. The van der Waals surface area contributed by atoms with Crippen LogP contribution in [-0.2, 0) is 4.79 Å². The monoisotopic (exact) mass is 277 g/mol. The van der Waals surface area contributed by atoms with E-state index in [1.807, 2.05) is 51.1 Å². The molecule has 0 spiro atoms. The van der Waals surface area contributed by atoms with Gasteiger partial charge in [0.25, 0.3) is 0 Å². The topological polar surface area (TPSA) is 60.2 Å². The molecule has 0 unspecified atom stereocenters. The molecule has 0 radical (unpaired) electrons. The van der Waals surface area contributed by atoms with Crippen molar-refractivity contribution in [3.8, 4) is 0 Å². The number of carbonyl (C=O) groups excluding carboxylic acids is 1. The zero-order valence-electron chi connectivity index (χ0n) is 12.8. The molecule has 1 rings (SSSR count). The van der Waals surface area contributed by atoms with Crippen molar-refractivity contribution in [3.63, 3.8) is 0 Å². The van der Waals surface area contributed by atoms with Crippen molar-refractivity contribution in [2.24, 2.45) is 5.41 Å². The van der Waals surface area contributed by atoms with Crippen molar-refractivity contribution in [3.05, 3.63) is 46.0 Å². The molecule has 0 fully saturated rings. The van der Waals surface area contributed by atoms with Crippen LogP contribution in [0.5, 0.6) is 0 Å². The van der Waals surface area contributed by atoms with Gasteiger partial charge in [-0.05, 0) is 5.56 Å². The van der Waals surface area contributed by atoms with E-state index in [2.05, 4.69) is 0 Å². The van der Waals surface area contributed by atoms with Crippen molar-refractivity contribution in [1.29, 1.82) is 0 Å². The summed E-state index contributed by atoms with van der Waals surface area (Å²) in [5.41, 5.74) is -0.825. The van der Waals surface area contributed by atoms with Gasteiger partial charge in [-0.2, -0.15) is 0 Å². The van der Waals surface area contributed by atoms with E-state index in [1.165, 1.54) is 0 Å². The Morgan fingerprint density at radius 2 is 1.65 bits per heavy atom. The van der Waals surface area contributed by atoms with Gasteiger partial charge >= 0.3 is 0 Å². The van der Waals surface area contributed by atoms with E-state index in [9.17, 15) is 14.9 Å². The third-order valence-corrected chi connectivity index (χ3v) is 3.75. The molecule has 1 aromatic carbocycles. The number of hydrogen-bond acceptors (Lipinski definition) is 3. The Labute approximate surface area is 120 Å². The maximum absolute atomic E-state index is 12.3. The number of hydrogen-bond donors (Lipinski definition) is 0. The third kappa shape index (κ3) is 3.65. The van der Waals surface area contributed by atoms with Gasteiger partial charge in [-0.15, -0.1) is 0 Å². The lowest BCUT2D eigenvalue weighted by Gasteiger charge is -2.29. The first-order valence-corrected chi connectivity index (χ1v) is 6.79. The molecule has 1 atom stereocenters. The molecule has 0 bridgehead atoms. The van der Waals surface area contributed by atoms with E-state index in [1.54, 1.807) is 13.8 Å². The predicted molar refractivity (Wildman–Crippen MR) is 79.3 cm³/mol. The summed E-state index contributed by atoms with van der Waals surface area (Å²) in [6, 6.07) is 9.27. The minimum absolute atomic E-state index is 0.0429. The number of ketones is 1. The van der Waals surface area contributed by atoms with E-state index in [0.29, 0.717) is 0 Å². The Bertz CT molecular complexity index is 486. The van der Waals surface area contributed by atoms with Crippen LogP contribution in [0.3, 0.4) is 0 Å². The number of nitro groups is 1. The van der Waals surface area contributed by atoms with Gasteiger partial charge in [0.15, 0.2) is 0 Å². The molecule has 20 heavy (non-hydrogen) atoms. The van der Waals surface area contributed by atoms with Gasteiger partial charge in [-0.1, -0.05) is 51.1 Å². The van der Waals surface area contributed by atoms with Crippen LogP contribution < -0.4 is 0 Å². The summed E-state index contributed by atoms with van der Waals surface area (Å²) in [4.78, 5) is 23.4. The van der Waals surface area contributed by atoms with Gasteiger partial charge in [0, 0.05) is 30.6 Å². The largest absolute Gasteiger partial charge is 0.299 e. The number of Topliss-reactive ketones (excluding diaryl/α,β-unsaturated/α-hetero) is 1. The first-order valence-electron chi connectivity index (χ1n) is 6.79. The second-order valence-corrected chi connectivity index (χ2v) is 6.75. The molecule has 0 N–H and O–H groups in total. The Balaban J connectivity index is 3.17. The van der Waals surface area contributed by atoms with E-state index in [-0.39, 0.29) is 17.1 Å². The average molecular weight is 277 g/mol. The minimum atomic E-state index is -1.18. The lowest BCUT2D eigenvalue weighted by atomic mass is 9.75. The fourth-order valence-electron chi connectivity index (χ4n) is 2.08. The molecule has 0 aliphatic rings. The molecular formula is C16H23NO3. The number of benzene rings is 1. The zero-order chi connectivity index (χ0) is 15.6. The third-order valence-electron chi connectivity index (χ3n) is 3.75. The summed E-state index contributed by atoms with van der Waals surface area (Å²) in [5, 5.41) is 11.4. The number of rotatable bonds is 5. The average Bonchev–Trinajstić information content (AvgIpc) is 2.35. The molecular weight excluding hydrogens is 254 g/mol. The molecule has 0 heterocycles. The molecule has 1 aromatic rings. The van der Waals surface area contributed by atoms with Crippen molar-refractivity contribution in [1.82, 2.24) is 0 Å². The molecule has 4 heteroatoms. The standard InChI is InChI=1S/C16H23NO3/c1-15(2,3)14(18)11-13(16(4,5)17(19)20)12-9-7-6-8-10-12/h6-10,13H,11H2,1-5H3/t13-/m1/s1. The number of nitrogens with zero attached hydrogens (tertiary/aromatic N) is 1. The summed E-state index contributed by atoms with van der Waals surface area (Å²) in [7, 11) is 0. The highest BCUT2D eigenvalue weighted by Crippen LogP contribution is 2.36. The molecule has 4 nitrogen and oxygen atoms in total. The normalized spacial score (nSPS) is 13.8. The Kier molecular flexibility index (Phi) is 4.69. The van der Waals surface area contributed by atoms with Crippen LogP contribution in [-0.4, -0.2) is 16.2 Å². The zero-order valence-corrected chi connectivity index (χ0v) is 12.8. The van der Waals surface area contributed by atoms with Crippen molar-refractivity contribution in [2.75, 3.05) is 0 Å². The SMILES string of the molecule is CC(C)(C)C(=O)C[C@H](c1ccccc1)C(C)(C)[N+](=O)[O-]. The van der Waals surface area contributed by atoms with Gasteiger partial charge in [0.1, 0.15) is 5.78 Å². The summed E-state index contributed by atoms with van der Waals surface area (Å²) in [6.07, 6.45) is 0.182. The quantitative estimate of drug-likeness (QED) is 0.607. The molecule has 0 aliphatic carbocycles. The summed E-state index contributed by atoms with van der Waals surface area (Å²) >= 11 is 0. The Hall–Kier alpha value is -1.71. The van der Waals surface area contributed by atoms with Crippen LogP contribution in [0, 0.1) is 15.5 Å². The van der Waals surface area contributed by atoms with Crippen LogP contribution >= 0.6 is 0 Å². The first-order chi connectivity index (χ1) is 9.06. The first kappa shape index (κ1) is 16.3. The van der Waals surface area contributed by atoms with Crippen molar-refractivity contribution < 1.29 is 9.72 Å². The summed E-state index contributed by atoms with van der Waals surface area (Å²) < 4.78 is 0. The van der Waals surface area contributed by atoms with Gasteiger partial charge in [0.2, 0.25) is 5.54 Å². The lowest BCUT2D eigenvalue weighted by molar-refractivity contribution is -0.565. The molecule has 0 saturated heterocycles. The van der Waals surface area contributed by atoms with Crippen LogP contribution in [0.4, 0.5) is 0 Å².